The summed E-state index contributed by atoms with van der Waals surface area (Å²) in [6.45, 7) is 2.19. The maximum atomic E-state index is 13.7. The second kappa shape index (κ2) is 7.69. The molecule has 0 saturated heterocycles. The molecule has 5 rings (SSSR count). The van der Waals surface area contributed by atoms with Crippen LogP contribution in [0, 0.1) is 5.82 Å². The molecule has 1 aliphatic rings. The third-order valence-corrected chi connectivity index (χ3v) is 6.55. The minimum atomic E-state index is -0.488. The van der Waals surface area contributed by atoms with Gasteiger partial charge in [0.1, 0.15) is 11.6 Å². The smallest absolute Gasteiger partial charge is 0.270 e. The van der Waals surface area contributed by atoms with Crippen LogP contribution in [-0.4, -0.2) is 29.9 Å². The molecule has 1 atom stereocenters. The Morgan fingerprint density at radius 2 is 2.19 bits per heavy atom. The number of anilines is 1. The predicted molar refractivity (Wildman–Crippen MR) is 115 cm³/mol. The normalized spacial score (nSPS) is 15.4. The molecule has 4 heterocycles. The summed E-state index contributed by atoms with van der Waals surface area (Å²) in [4.78, 5) is 23.2. The second-order valence-corrected chi connectivity index (χ2v) is 8.79. The van der Waals surface area contributed by atoms with Crippen molar-refractivity contribution < 1.29 is 4.39 Å². The molecule has 8 nitrogen and oxygen atoms in total. The number of aromatic amines is 1. The van der Waals surface area contributed by atoms with Crippen LogP contribution in [0.1, 0.15) is 46.9 Å². The van der Waals surface area contributed by atoms with Gasteiger partial charge in [-0.15, -0.1) is 11.3 Å². The first kappa shape index (κ1) is 19.6. The number of thiazole rings is 1. The molecule has 0 spiro atoms. The van der Waals surface area contributed by atoms with E-state index in [-0.39, 0.29) is 23.8 Å². The van der Waals surface area contributed by atoms with Gasteiger partial charge in [-0.3, -0.25) is 9.89 Å². The van der Waals surface area contributed by atoms with Crippen molar-refractivity contribution in [2.45, 2.75) is 38.6 Å². The predicted octanol–water partition coefficient (Wildman–Crippen LogP) is 2.90. The summed E-state index contributed by atoms with van der Waals surface area (Å²) < 4.78 is 15.0. The summed E-state index contributed by atoms with van der Waals surface area (Å²) in [7, 11) is 0. The van der Waals surface area contributed by atoms with Crippen molar-refractivity contribution in [3.63, 3.8) is 0 Å². The number of rotatable bonds is 4. The summed E-state index contributed by atoms with van der Waals surface area (Å²) in [5, 5.41) is 12.4. The minimum Gasteiger partial charge on any atom is -0.384 e. The Balaban J connectivity index is 1.54. The van der Waals surface area contributed by atoms with Crippen molar-refractivity contribution in [3.8, 4) is 10.4 Å². The average molecular weight is 438 g/mol. The molecule has 0 aliphatic heterocycles. The first-order valence-corrected chi connectivity index (χ1v) is 10.8. The molecule has 4 aromatic rings. The van der Waals surface area contributed by atoms with E-state index < -0.39 is 5.82 Å². The van der Waals surface area contributed by atoms with Crippen LogP contribution < -0.4 is 11.3 Å². The maximum absolute atomic E-state index is 13.7. The Kier molecular flexibility index (Phi) is 4.85. The molecule has 3 N–H and O–H groups in total. The van der Waals surface area contributed by atoms with Crippen LogP contribution in [0.25, 0.3) is 10.4 Å². The lowest BCUT2D eigenvalue weighted by Gasteiger charge is -2.10. The molecule has 0 fully saturated rings. The molecule has 158 valence electrons. The van der Waals surface area contributed by atoms with Gasteiger partial charge >= 0.3 is 0 Å². The van der Waals surface area contributed by atoms with Gasteiger partial charge in [-0.05, 0) is 25.0 Å². The molecule has 0 saturated carbocycles. The largest absolute Gasteiger partial charge is 0.384 e. The Hall–Kier alpha value is -3.40. The summed E-state index contributed by atoms with van der Waals surface area (Å²) in [5.41, 5.74) is 9.27. The number of nitrogens with zero attached hydrogens (tertiary/aromatic N) is 5. The van der Waals surface area contributed by atoms with Gasteiger partial charge in [0.25, 0.3) is 5.56 Å². The summed E-state index contributed by atoms with van der Waals surface area (Å²) >= 11 is 1.58. The van der Waals surface area contributed by atoms with E-state index in [1.807, 2.05) is 6.07 Å². The molecular formula is C21H20FN7OS. The number of hydrogen-bond donors (Lipinski definition) is 2. The number of pyridine rings is 1. The SMILES string of the molecule is CC1CCc2c(cnn(Cc3cc(F)cc(N)n3)c2=O)-c2sc(Cc3cc[nH]n3)nc21. The fourth-order valence-electron chi connectivity index (χ4n) is 3.91. The van der Waals surface area contributed by atoms with Gasteiger partial charge in [-0.25, -0.2) is 19.0 Å². The van der Waals surface area contributed by atoms with E-state index in [2.05, 4.69) is 27.2 Å². The lowest BCUT2D eigenvalue weighted by molar-refractivity contribution is 0.594. The van der Waals surface area contributed by atoms with Crippen molar-refractivity contribution in [2.75, 3.05) is 5.73 Å². The lowest BCUT2D eigenvalue weighted by atomic mass is 10.0. The van der Waals surface area contributed by atoms with E-state index in [9.17, 15) is 9.18 Å². The molecule has 31 heavy (non-hydrogen) atoms. The molecule has 1 aliphatic carbocycles. The highest BCUT2D eigenvalue weighted by Gasteiger charge is 2.27. The van der Waals surface area contributed by atoms with Crippen LogP contribution in [0.5, 0.6) is 0 Å². The Morgan fingerprint density at radius 3 is 2.97 bits per heavy atom. The highest BCUT2D eigenvalue weighted by atomic mass is 32.1. The van der Waals surface area contributed by atoms with Crippen LogP contribution >= 0.6 is 11.3 Å². The first-order valence-electron chi connectivity index (χ1n) is 9.97. The number of H-pyrrole nitrogens is 1. The molecule has 4 aromatic heterocycles. The third kappa shape index (κ3) is 3.74. The topological polar surface area (TPSA) is 115 Å². The molecule has 1 unspecified atom stereocenters. The van der Waals surface area contributed by atoms with Crippen LogP contribution in [0.2, 0.25) is 0 Å². The average Bonchev–Trinajstić information content (AvgIpc) is 3.35. The van der Waals surface area contributed by atoms with Gasteiger partial charge in [-0.1, -0.05) is 6.92 Å². The van der Waals surface area contributed by atoms with Gasteiger partial charge < -0.3 is 5.73 Å². The molecule has 0 radical (unpaired) electrons. The summed E-state index contributed by atoms with van der Waals surface area (Å²) in [6.07, 6.45) is 5.59. The van der Waals surface area contributed by atoms with Crippen molar-refractivity contribution in [2.24, 2.45) is 0 Å². The van der Waals surface area contributed by atoms with Crippen molar-refractivity contribution >= 4 is 17.2 Å². The van der Waals surface area contributed by atoms with Gasteiger partial charge in [0.05, 0.1) is 39.7 Å². The van der Waals surface area contributed by atoms with Crippen LogP contribution in [-0.2, 0) is 19.4 Å². The number of nitrogens with two attached hydrogens (primary N) is 1. The van der Waals surface area contributed by atoms with Crippen LogP contribution in [0.3, 0.4) is 0 Å². The van der Waals surface area contributed by atoms with E-state index in [1.165, 1.54) is 10.7 Å². The number of halogens is 1. The Labute approximate surface area is 181 Å². The Bertz CT molecular complexity index is 1290. The van der Waals surface area contributed by atoms with Gasteiger partial charge in [0.2, 0.25) is 0 Å². The van der Waals surface area contributed by atoms with Crippen molar-refractivity contribution in [3.05, 3.63) is 74.4 Å². The standard InChI is InChI=1S/C21H20FN7OS/c1-11-2-3-15-16(20-19(11)27-18(31-20)8-13-4-5-24-28-13)9-25-29(21(15)30)10-14-6-12(22)7-17(23)26-14/h4-7,9,11H,2-3,8,10H2,1H3,(H2,23,26)(H,24,28). The molecule has 0 bridgehead atoms. The summed E-state index contributed by atoms with van der Waals surface area (Å²) in [5.74, 6) is -0.188. The lowest BCUT2D eigenvalue weighted by Crippen LogP contribution is -2.27. The zero-order chi connectivity index (χ0) is 21.5. The fraction of sp³-hybridized carbons (Fsp3) is 0.286. The minimum absolute atomic E-state index is 0.0591. The zero-order valence-electron chi connectivity index (χ0n) is 16.8. The number of nitrogens with one attached hydrogen (secondary N) is 1. The van der Waals surface area contributed by atoms with Gasteiger partial charge in [0, 0.05) is 35.7 Å². The highest BCUT2D eigenvalue weighted by Crippen LogP contribution is 2.40. The van der Waals surface area contributed by atoms with E-state index >= 15 is 0 Å². The number of aromatic nitrogens is 6. The number of fused-ring (bicyclic) bond motifs is 3. The van der Waals surface area contributed by atoms with E-state index in [1.54, 1.807) is 23.7 Å². The van der Waals surface area contributed by atoms with Crippen molar-refractivity contribution in [1.29, 1.82) is 0 Å². The zero-order valence-corrected chi connectivity index (χ0v) is 17.6. The second-order valence-electron chi connectivity index (χ2n) is 7.71. The maximum Gasteiger partial charge on any atom is 0.270 e. The van der Waals surface area contributed by atoms with E-state index in [4.69, 9.17) is 10.7 Å². The van der Waals surface area contributed by atoms with E-state index in [0.29, 0.717) is 24.1 Å². The number of hydrogen-bond acceptors (Lipinski definition) is 7. The third-order valence-electron chi connectivity index (χ3n) is 5.45. The van der Waals surface area contributed by atoms with Gasteiger partial charge in [-0.2, -0.15) is 10.2 Å². The van der Waals surface area contributed by atoms with Gasteiger partial charge in [0.15, 0.2) is 0 Å². The highest BCUT2D eigenvalue weighted by molar-refractivity contribution is 7.15. The van der Waals surface area contributed by atoms with Crippen molar-refractivity contribution in [1.82, 2.24) is 29.9 Å². The monoisotopic (exact) mass is 437 g/mol. The molecule has 0 amide bonds. The summed E-state index contributed by atoms with van der Waals surface area (Å²) in [6, 6.07) is 4.34. The Morgan fingerprint density at radius 1 is 1.32 bits per heavy atom. The number of nitrogen functional groups attached to an aromatic ring is 1. The van der Waals surface area contributed by atoms with Crippen LogP contribution in [0.4, 0.5) is 10.2 Å². The van der Waals surface area contributed by atoms with Crippen LogP contribution in [0.15, 0.2) is 35.4 Å². The quantitative estimate of drug-likeness (QED) is 0.507. The van der Waals surface area contributed by atoms with E-state index in [0.717, 1.165) is 39.3 Å². The molecule has 10 heteroatoms. The first-order chi connectivity index (χ1) is 15.0. The molecule has 0 aromatic carbocycles. The fourth-order valence-corrected chi connectivity index (χ4v) is 5.14. The molecular weight excluding hydrogens is 417 g/mol.